The lowest BCUT2D eigenvalue weighted by atomic mass is 10.2. The fourth-order valence-corrected chi connectivity index (χ4v) is 1.63. The predicted octanol–water partition coefficient (Wildman–Crippen LogP) is 0.268. The van der Waals surface area contributed by atoms with E-state index in [0.717, 1.165) is 6.26 Å². The Morgan fingerprint density at radius 2 is 1.87 bits per heavy atom. The second kappa shape index (κ2) is 7.83. The topological polar surface area (TPSA) is 103 Å². The maximum Gasteiger partial charge on any atom is 0.377 e. The van der Waals surface area contributed by atoms with Gasteiger partial charge in [-0.05, 0) is 19.1 Å². The number of ether oxygens (including phenoxy) is 3. The van der Waals surface area contributed by atoms with Gasteiger partial charge in [-0.3, -0.25) is 20.4 Å². The molecule has 1 heterocycles. The Morgan fingerprint density at radius 3 is 2.52 bits per heavy atom. The number of rotatable bonds is 4. The van der Waals surface area contributed by atoms with Crippen molar-refractivity contribution in [1.82, 2.24) is 10.9 Å². The second-order valence-electron chi connectivity index (χ2n) is 4.56. The van der Waals surface area contributed by atoms with Gasteiger partial charge in [-0.2, -0.15) is 0 Å². The van der Waals surface area contributed by atoms with E-state index >= 15 is 0 Å². The number of benzene rings is 1. The molecule has 0 saturated heterocycles. The van der Waals surface area contributed by atoms with Crippen molar-refractivity contribution in [2.75, 3.05) is 13.2 Å². The molecular weight excluding hydrogens is 304 g/mol. The number of hydrogen-bond acceptors (Lipinski definition) is 6. The van der Waals surface area contributed by atoms with Crippen LogP contribution in [0.2, 0.25) is 0 Å². The summed E-state index contributed by atoms with van der Waals surface area (Å²) in [6.45, 7) is 1.94. The molecule has 2 amide bonds. The molecule has 8 heteroatoms. The van der Waals surface area contributed by atoms with E-state index in [1.165, 1.54) is 6.92 Å². The zero-order valence-electron chi connectivity index (χ0n) is 12.4. The average Bonchev–Trinajstić information content (AvgIpc) is 2.60. The molecule has 1 atom stereocenters. The summed E-state index contributed by atoms with van der Waals surface area (Å²) in [5.74, 6) is -2.09. The summed E-state index contributed by atoms with van der Waals surface area (Å²) in [6, 6.07) is 8.35. The zero-order valence-corrected chi connectivity index (χ0v) is 12.4. The third-order valence-electron chi connectivity index (χ3n) is 2.84. The van der Waals surface area contributed by atoms with Crippen LogP contribution in [0.15, 0.2) is 42.4 Å². The van der Waals surface area contributed by atoms with Crippen LogP contribution in [-0.2, 0) is 23.8 Å². The largest absolute Gasteiger partial charge is 0.493 e. The monoisotopic (exact) mass is 320 g/mol. The Bertz CT molecular complexity index is 614. The molecule has 1 aliphatic heterocycles. The Labute approximate surface area is 132 Å². The molecule has 1 aromatic carbocycles. The Morgan fingerprint density at radius 1 is 1.13 bits per heavy atom. The van der Waals surface area contributed by atoms with E-state index in [1.807, 2.05) is 0 Å². The lowest BCUT2D eigenvalue weighted by molar-refractivity contribution is -0.155. The molecule has 8 nitrogen and oxygen atoms in total. The van der Waals surface area contributed by atoms with Gasteiger partial charge in [0.25, 0.3) is 11.8 Å². The van der Waals surface area contributed by atoms with Crippen LogP contribution in [0.25, 0.3) is 0 Å². The van der Waals surface area contributed by atoms with Gasteiger partial charge in [0.15, 0.2) is 6.10 Å². The van der Waals surface area contributed by atoms with Crippen molar-refractivity contribution in [3.8, 4) is 0 Å². The lowest BCUT2D eigenvalue weighted by Crippen LogP contribution is -2.46. The van der Waals surface area contributed by atoms with E-state index in [0.29, 0.717) is 12.2 Å². The molecule has 0 radical (unpaired) electrons. The Kier molecular flexibility index (Phi) is 5.56. The molecule has 0 aromatic heterocycles. The smallest absolute Gasteiger partial charge is 0.377 e. The molecule has 0 bridgehead atoms. The number of carbonyl (C=O) groups excluding carboxylic acids is 3. The number of amides is 2. The predicted molar refractivity (Wildman–Crippen MR) is 77.6 cm³/mol. The second-order valence-corrected chi connectivity index (χ2v) is 4.56. The summed E-state index contributed by atoms with van der Waals surface area (Å²) in [5.41, 5.74) is 4.80. The number of nitrogens with one attached hydrogen (secondary N) is 2. The highest BCUT2D eigenvalue weighted by Gasteiger charge is 2.23. The number of hydrazine groups is 1. The van der Waals surface area contributed by atoms with Gasteiger partial charge in [0.1, 0.15) is 19.5 Å². The van der Waals surface area contributed by atoms with Crippen LogP contribution in [-0.4, -0.2) is 37.1 Å². The highest BCUT2D eigenvalue weighted by Crippen LogP contribution is 2.08. The van der Waals surface area contributed by atoms with Crippen molar-refractivity contribution in [3.05, 3.63) is 47.9 Å². The van der Waals surface area contributed by atoms with Gasteiger partial charge in [-0.1, -0.05) is 18.2 Å². The molecule has 0 unspecified atom stereocenters. The Hall–Kier alpha value is -3.03. The van der Waals surface area contributed by atoms with E-state index in [4.69, 9.17) is 14.2 Å². The molecule has 0 aliphatic carbocycles. The summed E-state index contributed by atoms with van der Waals surface area (Å²) in [5, 5.41) is 0. The molecule has 1 aromatic rings. The molecule has 0 saturated carbocycles. The third kappa shape index (κ3) is 4.73. The van der Waals surface area contributed by atoms with Crippen LogP contribution in [0.1, 0.15) is 17.3 Å². The van der Waals surface area contributed by atoms with Crippen LogP contribution in [0, 0.1) is 0 Å². The van der Waals surface area contributed by atoms with Crippen molar-refractivity contribution in [1.29, 1.82) is 0 Å². The summed E-state index contributed by atoms with van der Waals surface area (Å²) in [4.78, 5) is 35.3. The lowest BCUT2D eigenvalue weighted by Gasteiger charge is -2.17. The van der Waals surface area contributed by atoms with Gasteiger partial charge < -0.3 is 14.2 Å². The van der Waals surface area contributed by atoms with E-state index in [1.54, 1.807) is 30.3 Å². The maximum atomic E-state index is 11.8. The van der Waals surface area contributed by atoms with Crippen LogP contribution in [0.3, 0.4) is 0 Å². The van der Waals surface area contributed by atoms with E-state index < -0.39 is 23.9 Å². The normalized spacial score (nSPS) is 14.4. The summed E-state index contributed by atoms with van der Waals surface area (Å²) in [7, 11) is 0. The van der Waals surface area contributed by atoms with Crippen molar-refractivity contribution in [3.63, 3.8) is 0 Å². The minimum Gasteiger partial charge on any atom is -0.493 e. The van der Waals surface area contributed by atoms with Crippen molar-refractivity contribution in [2.24, 2.45) is 0 Å². The van der Waals surface area contributed by atoms with Crippen molar-refractivity contribution >= 4 is 17.8 Å². The van der Waals surface area contributed by atoms with Gasteiger partial charge in [-0.15, -0.1) is 0 Å². The van der Waals surface area contributed by atoms with E-state index in [9.17, 15) is 14.4 Å². The number of hydrogen-bond donors (Lipinski definition) is 2. The first kappa shape index (κ1) is 16.3. The zero-order chi connectivity index (χ0) is 16.7. The first-order chi connectivity index (χ1) is 11.1. The van der Waals surface area contributed by atoms with E-state index in [-0.39, 0.29) is 12.4 Å². The minimum atomic E-state index is -1.12. The quantitative estimate of drug-likeness (QED) is 0.610. The molecule has 2 rings (SSSR count). The Balaban J connectivity index is 1.79. The van der Waals surface area contributed by atoms with Crippen LogP contribution in [0.4, 0.5) is 0 Å². The summed E-state index contributed by atoms with van der Waals surface area (Å²) < 4.78 is 14.9. The van der Waals surface area contributed by atoms with E-state index in [2.05, 4.69) is 10.9 Å². The average molecular weight is 320 g/mol. The minimum absolute atomic E-state index is 0.107. The molecule has 1 aliphatic rings. The van der Waals surface area contributed by atoms with Gasteiger partial charge in [0, 0.05) is 5.56 Å². The maximum absolute atomic E-state index is 11.8. The molecule has 0 spiro atoms. The van der Waals surface area contributed by atoms with Gasteiger partial charge >= 0.3 is 5.97 Å². The fourth-order valence-electron chi connectivity index (χ4n) is 1.63. The third-order valence-corrected chi connectivity index (χ3v) is 2.84. The van der Waals surface area contributed by atoms with Gasteiger partial charge in [0.2, 0.25) is 5.76 Å². The van der Waals surface area contributed by atoms with Crippen LogP contribution < -0.4 is 10.9 Å². The molecule has 23 heavy (non-hydrogen) atoms. The highest BCUT2D eigenvalue weighted by atomic mass is 16.6. The SMILES string of the molecule is C[C@@H](OC(=O)C1=COCCO1)C(=O)NNC(=O)c1ccccc1. The summed E-state index contributed by atoms with van der Waals surface area (Å²) in [6.07, 6.45) is 0.0122. The molecular formula is C15H16N2O6. The molecule has 122 valence electrons. The number of carbonyl (C=O) groups is 3. The van der Waals surface area contributed by atoms with Crippen LogP contribution >= 0.6 is 0 Å². The first-order valence-corrected chi connectivity index (χ1v) is 6.88. The molecule has 0 fully saturated rings. The molecule has 2 N–H and O–H groups in total. The van der Waals surface area contributed by atoms with Gasteiger partial charge in [0.05, 0.1) is 0 Å². The van der Waals surface area contributed by atoms with Crippen LogP contribution in [0.5, 0.6) is 0 Å². The van der Waals surface area contributed by atoms with Gasteiger partial charge in [-0.25, -0.2) is 4.79 Å². The fraction of sp³-hybridized carbons (Fsp3) is 0.267. The van der Waals surface area contributed by atoms with Crippen molar-refractivity contribution < 1.29 is 28.6 Å². The summed E-state index contributed by atoms with van der Waals surface area (Å²) >= 11 is 0. The first-order valence-electron chi connectivity index (χ1n) is 6.88. The number of esters is 1. The standard InChI is InChI=1S/C15H16N2O6/c1-10(23-15(20)12-9-21-7-8-22-12)13(18)16-17-14(19)11-5-3-2-4-6-11/h2-6,9-10H,7-8H2,1H3,(H,16,18)(H,17,19)/t10-/m1/s1. The highest BCUT2D eigenvalue weighted by molar-refractivity contribution is 5.96. The van der Waals surface area contributed by atoms with Crippen molar-refractivity contribution in [2.45, 2.75) is 13.0 Å².